The number of carbonyl (C=O) groups is 1. The van der Waals surface area contributed by atoms with E-state index >= 15 is 0 Å². The third kappa shape index (κ3) is 4.25. The van der Waals surface area contributed by atoms with Crippen LogP contribution in [0.25, 0.3) is 6.08 Å². The van der Waals surface area contributed by atoms with E-state index in [-0.39, 0.29) is 11.9 Å². The molecule has 2 aromatic rings. The number of carbonyl (C=O) groups excluding carboxylic acids is 1. The van der Waals surface area contributed by atoms with E-state index in [4.69, 9.17) is 17.0 Å². The normalized spacial score (nSPS) is 19.1. The van der Waals surface area contributed by atoms with Crippen molar-refractivity contribution in [3.63, 3.8) is 0 Å². The van der Waals surface area contributed by atoms with Gasteiger partial charge in [0.2, 0.25) is 0 Å². The Morgan fingerprint density at radius 3 is 2.46 bits per heavy atom. The van der Waals surface area contributed by atoms with Crippen LogP contribution in [0.5, 0.6) is 5.75 Å². The van der Waals surface area contributed by atoms with Crippen LogP contribution in [0.2, 0.25) is 0 Å². The number of rotatable bonds is 5. The molecule has 4 rings (SSSR count). The molecule has 0 unspecified atom stereocenters. The second kappa shape index (κ2) is 8.57. The van der Waals surface area contributed by atoms with Gasteiger partial charge in [-0.2, -0.15) is 0 Å². The average molecular weight is 393 g/mol. The van der Waals surface area contributed by atoms with E-state index in [1.54, 1.807) is 4.90 Å². The zero-order valence-corrected chi connectivity index (χ0v) is 16.6. The number of amides is 1. The third-order valence-electron chi connectivity index (χ3n) is 5.29. The zero-order chi connectivity index (χ0) is 19.3. The SMILES string of the molecule is O=C1/C(=C\c2ccc(OCc3ccccc3)cc2)NC(=S)N1C1CCCCC1. The molecule has 0 aromatic heterocycles. The lowest BCUT2D eigenvalue weighted by Crippen LogP contribution is -2.41. The van der Waals surface area contributed by atoms with Crippen LogP contribution in [0.4, 0.5) is 0 Å². The van der Waals surface area contributed by atoms with Crippen LogP contribution in [0.3, 0.4) is 0 Å². The third-order valence-corrected chi connectivity index (χ3v) is 5.59. The molecule has 144 valence electrons. The van der Waals surface area contributed by atoms with Gasteiger partial charge >= 0.3 is 0 Å². The molecule has 2 fully saturated rings. The largest absolute Gasteiger partial charge is 0.489 e. The summed E-state index contributed by atoms with van der Waals surface area (Å²) in [5.74, 6) is 0.789. The first kappa shape index (κ1) is 18.7. The summed E-state index contributed by atoms with van der Waals surface area (Å²) in [5.41, 5.74) is 2.62. The minimum Gasteiger partial charge on any atom is -0.489 e. The van der Waals surface area contributed by atoms with Crippen molar-refractivity contribution in [3.8, 4) is 5.75 Å². The molecule has 5 heteroatoms. The maximum Gasteiger partial charge on any atom is 0.276 e. The van der Waals surface area contributed by atoms with Gasteiger partial charge < -0.3 is 10.1 Å². The maximum absolute atomic E-state index is 12.8. The maximum atomic E-state index is 12.8. The number of hydrogen-bond donors (Lipinski definition) is 1. The minimum atomic E-state index is -0.0127. The highest BCUT2D eigenvalue weighted by Gasteiger charge is 2.36. The van der Waals surface area contributed by atoms with Gasteiger partial charge in [0.1, 0.15) is 18.1 Å². The zero-order valence-electron chi connectivity index (χ0n) is 15.8. The fourth-order valence-electron chi connectivity index (χ4n) is 3.79. The predicted octanol–water partition coefficient (Wildman–Crippen LogP) is 4.66. The molecule has 1 amide bonds. The summed E-state index contributed by atoms with van der Waals surface area (Å²) in [5, 5.41) is 3.63. The van der Waals surface area contributed by atoms with Crippen LogP contribution in [-0.2, 0) is 11.4 Å². The first-order valence-electron chi connectivity index (χ1n) is 9.84. The van der Waals surface area contributed by atoms with Crippen LogP contribution < -0.4 is 10.1 Å². The lowest BCUT2D eigenvalue weighted by atomic mass is 9.94. The molecule has 1 N–H and O–H groups in total. The van der Waals surface area contributed by atoms with Crippen molar-refractivity contribution in [3.05, 3.63) is 71.4 Å². The van der Waals surface area contributed by atoms with E-state index < -0.39 is 0 Å². The van der Waals surface area contributed by atoms with Crippen molar-refractivity contribution in [2.45, 2.75) is 44.8 Å². The molecule has 2 aliphatic rings. The van der Waals surface area contributed by atoms with Gasteiger partial charge in [-0.1, -0.05) is 61.7 Å². The number of benzene rings is 2. The van der Waals surface area contributed by atoms with Crippen LogP contribution in [0.15, 0.2) is 60.3 Å². The van der Waals surface area contributed by atoms with Gasteiger partial charge in [0.05, 0.1) is 0 Å². The van der Waals surface area contributed by atoms with Crippen molar-refractivity contribution in [2.24, 2.45) is 0 Å². The predicted molar refractivity (Wildman–Crippen MR) is 115 cm³/mol. The lowest BCUT2D eigenvalue weighted by molar-refractivity contribution is -0.124. The fourth-order valence-corrected chi connectivity index (χ4v) is 4.13. The summed E-state index contributed by atoms with van der Waals surface area (Å²) in [6, 6.07) is 18.1. The van der Waals surface area contributed by atoms with E-state index in [2.05, 4.69) is 5.32 Å². The van der Waals surface area contributed by atoms with Gasteiger partial charge in [-0.25, -0.2) is 0 Å². The minimum absolute atomic E-state index is 0.0127. The molecule has 1 aliphatic heterocycles. The summed E-state index contributed by atoms with van der Waals surface area (Å²) in [7, 11) is 0. The summed E-state index contributed by atoms with van der Waals surface area (Å²) in [4.78, 5) is 14.6. The summed E-state index contributed by atoms with van der Waals surface area (Å²) in [6.07, 6.45) is 7.52. The Morgan fingerprint density at radius 2 is 1.75 bits per heavy atom. The lowest BCUT2D eigenvalue weighted by Gasteiger charge is -2.29. The summed E-state index contributed by atoms with van der Waals surface area (Å²) in [6.45, 7) is 0.534. The molecule has 1 aliphatic carbocycles. The van der Waals surface area contributed by atoms with E-state index in [0.29, 0.717) is 17.4 Å². The Labute approximate surface area is 171 Å². The summed E-state index contributed by atoms with van der Waals surface area (Å²) >= 11 is 5.43. The van der Waals surface area contributed by atoms with E-state index in [9.17, 15) is 4.79 Å². The highest BCUT2D eigenvalue weighted by atomic mass is 32.1. The van der Waals surface area contributed by atoms with E-state index in [1.165, 1.54) is 19.3 Å². The van der Waals surface area contributed by atoms with Crippen molar-refractivity contribution >= 4 is 29.3 Å². The molecule has 2 aromatic carbocycles. The fraction of sp³-hybridized carbons (Fsp3) is 0.304. The van der Waals surface area contributed by atoms with Gasteiger partial charge in [-0.15, -0.1) is 0 Å². The van der Waals surface area contributed by atoms with Crippen molar-refractivity contribution in [1.29, 1.82) is 0 Å². The molecule has 0 spiro atoms. The van der Waals surface area contributed by atoms with Gasteiger partial charge in [-0.05, 0) is 54.4 Å². The number of nitrogens with zero attached hydrogens (tertiary/aromatic N) is 1. The van der Waals surface area contributed by atoms with Crippen LogP contribution in [0, 0.1) is 0 Å². The molecule has 0 radical (unpaired) electrons. The monoisotopic (exact) mass is 392 g/mol. The van der Waals surface area contributed by atoms with Gasteiger partial charge in [0.25, 0.3) is 5.91 Å². The average Bonchev–Trinajstić information content (AvgIpc) is 3.02. The Balaban J connectivity index is 1.41. The van der Waals surface area contributed by atoms with Crippen LogP contribution in [0.1, 0.15) is 43.2 Å². The standard InChI is InChI=1S/C23H24N2O2S/c26-22-21(24-23(28)25(22)19-9-5-2-6-10-19)15-17-11-13-20(14-12-17)27-16-18-7-3-1-4-8-18/h1,3-4,7-8,11-15,19H,2,5-6,9-10,16H2,(H,24,28)/b21-15+. The Hall–Kier alpha value is -2.66. The van der Waals surface area contributed by atoms with Gasteiger partial charge in [0, 0.05) is 6.04 Å². The molecule has 1 heterocycles. The molecule has 0 atom stereocenters. The second-order valence-electron chi connectivity index (χ2n) is 7.30. The molecular weight excluding hydrogens is 368 g/mol. The molecule has 28 heavy (non-hydrogen) atoms. The number of thiocarbonyl (C=S) groups is 1. The van der Waals surface area contributed by atoms with Crippen LogP contribution in [-0.4, -0.2) is 22.0 Å². The van der Waals surface area contributed by atoms with E-state index in [0.717, 1.165) is 29.7 Å². The first-order valence-corrected chi connectivity index (χ1v) is 10.2. The van der Waals surface area contributed by atoms with Gasteiger partial charge in [-0.3, -0.25) is 9.69 Å². The Morgan fingerprint density at radius 1 is 1.04 bits per heavy atom. The number of nitrogens with one attached hydrogen (secondary N) is 1. The molecule has 4 nitrogen and oxygen atoms in total. The Bertz CT molecular complexity index is 871. The second-order valence-corrected chi connectivity index (χ2v) is 7.69. The number of ether oxygens (including phenoxy) is 1. The molecule has 1 saturated heterocycles. The first-order chi connectivity index (χ1) is 13.7. The number of hydrogen-bond acceptors (Lipinski definition) is 3. The molecular formula is C23H24N2O2S. The highest BCUT2D eigenvalue weighted by Crippen LogP contribution is 2.27. The molecule has 1 saturated carbocycles. The summed E-state index contributed by atoms with van der Waals surface area (Å²) < 4.78 is 5.82. The Kier molecular flexibility index (Phi) is 5.72. The van der Waals surface area contributed by atoms with Gasteiger partial charge in [0.15, 0.2) is 5.11 Å². The van der Waals surface area contributed by atoms with Crippen molar-refractivity contribution in [2.75, 3.05) is 0 Å². The topological polar surface area (TPSA) is 41.6 Å². The van der Waals surface area contributed by atoms with Crippen LogP contribution >= 0.6 is 12.2 Å². The van der Waals surface area contributed by atoms with E-state index in [1.807, 2.05) is 60.7 Å². The molecule has 0 bridgehead atoms. The smallest absolute Gasteiger partial charge is 0.276 e. The quantitative estimate of drug-likeness (QED) is 0.594. The van der Waals surface area contributed by atoms with Crippen molar-refractivity contribution in [1.82, 2.24) is 10.2 Å². The van der Waals surface area contributed by atoms with Crippen molar-refractivity contribution < 1.29 is 9.53 Å². The highest BCUT2D eigenvalue weighted by molar-refractivity contribution is 7.80.